The average molecular weight is 342 g/mol. The number of amides is 2. The Kier molecular flexibility index (Phi) is 7.91. The van der Waals surface area contributed by atoms with Gasteiger partial charge in [-0.25, -0.2) is 0 Å². The molecule has 2 amide bonds. The highest BCUT2D eigenvalue weighted by atomic mass is 79.9. The highest BCUT2D eigenvalue weighted by Gasteiger charge is 2.04. The Balaban J connectivity index is 2.16. The molecule has 0 fully saturated rings. The van der Waals surface area contributed by atoms with Crippen molar-refractivity contribution in [2.75, 3.05) is 26.7 Å². The molecule has 0 aliphatic rings. The van der Waals surface area contributed by atoms with Crippen LogP contribution in [-0.2, 0) is 4.79 Å². The van der Waals surface area contributed by atoms with Crippen LogP contribution in [0.2, 0.25) is 0 Å². The lowest BCUT2D eigenvalue weighted by Crippen LogP contribution is -2.34. The molecule has 3 N–H and O–H groups in total. The molecule has 0 bridgehead atoms. The first-order valence-corrected chi connectivity index (χ1v) is 7.38. The maximum absolute atomic E-state index is 11.8. The fourth-order valence-electron chi connectivity index (χ4n) is 1.60. The Bertz CT molecular complexity index is 435. The second-order valence-corrected chi connectivity index (χ2v) is 5.24. The minimum atomic E-state index is -0.137. The first-order valence-electron chi connectivity index (χ1n) is 6.58. The SMILES string of the molecule is CNCCCC(=O)NCCNC(=O)c1ccc(Br)cc1. The van der Waals surface area contributed by atoms with E-state index in [2.05, 4.69) is 31.9 Å². The van der Waals surface area contributed by atoms with Crippen molar-refractivity contribution in [2.45, 2.75) is 12.8 Å². The van der Waals surface area contributed by atoms with E-state index in [9.17, 15) is 9.59 Å². The molecule has 1 aromatic rings. The summed E-state index contributed by atoms with van der Waals surface area (Å²) in [5, 5.41) is 8.52. The van der Waals surface area contributed by atoms with Crippen molar-refractivity contribution in [1.82, 2.24) is 16.0 Å². The molecule has 0 atom stereocenters. The number of rotatable bonds is 8. The van der Waals surface area contributed by atoms with Crippen LogP contribution in [0.5, 0.6) is 0 Å². The third-order valence-corrected chi connectivity index (χ3v) is 3.20. The normalized spacial score (nSPS) is 10.1. The van der Waals surface area contributed by atoms with E-state index in [0.29, 0.717) is 25.1 Å². The summed E-state index contributed by atoms with van der Waals surface area (Å²) >= 11 is 3.32. The Morgan fingerprint density at radius 1 is 1.05 bits per heavy atom. The van der Waals surface area contributed by atoms with Gasteiger partial charge in [0.05, 0.1) is 0 Å². The Morgan fingerprint density at radius 3 is 2.35 bits per heavy atom. The third-order valence-electron chi connectivity index (χ3n) is 2.67. The molecule has 0 aromatic heterocycles. The monoisotopic (exact) mass is 341 g/mol. The van der Waals surface area contributed by atoms with Gasteiger partial charge in [0.2, 0.25) is 5.91 Å². The van der Waals surface area contributed by atoms with Crippen LogP contribution in [0.25, 0.3) is 0 Å². The number of carbonyl (C=O) groups is 2. The van der Waals surface area contributed by atoms with Crippen molar-refractivity contribution < 1.29 is 9.59 Å². The summed E-state index contributed by atoms with van der Waals surface area (Å²) in [6.45, 7) is 1.70. The van der Waals surface area contributed by atoms with Crippen LogP contribution in [0.15, 0.2) is 28.7 Å². The van der Waals surface area contributed by atoms with Gasteiger partial charge in [-0.05, 0) is 44.3 Å². The van der Waals surface area contributed by atoms with E-state index < -0.39 is 0 Å². The van der Waals surface area contributed by atoms with Gasteiger partial charge in [-0.2, -0.15) is 0 Å². The van der Waals surface area contributed by atoms with E-state index in [1.165, 1.54) is 0 Å². The topological polar surface area (TPSA) is 70.2 Å². The van der Waals surface area contributed by atoms with Gasteiger partial charge in [-0.1, -0.05) is 15.9 Å². The standard InChI is InChI=1S/C14H20BrN3O2/c1-16-8-2-3-13(19)17-9-10-18-14(20)11-4-6-12(15)7-5-11/h4-7,16H,2-3,8-10H2,1H3,(H,17,19)(H,18,20). The molecule has 0 heterocycles. The van der Waals surface area contributed by atoms with Gasteiger partial charge in [0.25, 0.3) is 5.91 Å². The van der Waals surface area contributed by atoms with Crippen molar-refractivity contribution >= 4 is 27.7 Å². The summed E-state index contributed by atoms with van der Waals surface area (Å²) in [4.78, 5) is 23.2. The van der Waals surface area contributed by atoms with Gasteiger partial charge in [0, 0.05) is 29.5 Å². The fourth-order valence-corrected chi connectivity index (χ4v) is 1.86. The van der Waals surface area contributed by atoms with E-state index in [1.54, 1.807) is 12.1 Å². The molecule has 0 spiro atoms. The smallest absolute Gasteiger partial charge is 0.251 e. The number of carbonyl (C=O) groups excluding carboxylic acids is 2. The summed E-state index contributed by atoms with van der Waals surface area (Å²) in [5.74, 6) is -0.125. The van der Waals surface area contributed by atoms with Crippen LogP contribution in [-0.4, -0.2) is 38.5 Å². The number of nitrogens with one attached hydrogen (secondary N) is 3. The second-order valence-electron chi connectivity index (χ2n) is 4.32. The first kappa shape index (κ1) is 16.7. The highest BCUT2D eigenvalue weighted by molar-refractivity contribution is 9.10. The number of hydrogen-bond donors (Lipinski definition) is 3. The van der Waals surface area contributed by atoms with Gasteiger partial charge in [0.15, 0.2) is 0 Å². The Morgan fingerprint density at radius 2 is 1.70 bits per heavy atom. The minimum Gasteiger partial charge on any atom is -0.354 e. The molecule has 1 rings (SSSR count). The Hall–Kier alpha value is -1.40. The van der Waals surface area contributed by atoms with E-state index in [1.807, 2.05) is 19.2 Å². The largest absolute Gasteiger partial charge is 0.354 e. The molecule has 5 nitrogen and oxygen atoms in total. The van der Waals surface area contributed by atoms with Gasteiger partial charge in [0.1, 0.15) is 0 Å². The van der Waals surface area contributed by atoms with Crippen LogP contribution in [0.4, 0.5) is 0 Å². The second kappa shape index (κ2) is 9.50. The summed E-state index contributed by atoms with van der Waals surface area (Å²) in [7, 11) is 1.86. The van der Waals surface area contributed by atoms with Crippen molar-refractivity contribution in [2.24, 2.45) is 0 Å². The zero-order valence-electron chi connectivity index (χ0n) is 11.5. The zero-order valence-corrected chi connectivity index (χ0v) is 13.1. The fraction of sp³-hybridized carbons (Fsp3) is 0.429. The van der Waals surface area contributed by atoms with Crippen molar-refractivity contribution in [3.63, 3.8) is 0 Å². The number of hydrogen-bond acceptors (Lipinski definition) is 3. The molecule has 0 radical (unpaired) electrons. The van der Waals surface area contributed by atoms with E-state index in [-0.39, 0.29) is 11.8 Å². The predicted octanol–water partition coefficient (Wildman–Crippen LogP) is 1.29. The molecule has 0 unspecified atom stereocenters. The van der Waals surface area contributed by atoms with Gasteiger partial charge < -0.3 is 16.0 Å². The summed E-state index contributed by atoms with van der Waals surface area (Å²) in [5.41, 5.74) is 0.605. The van der Waals surface area contributed by atoms with Gasteiger partial charge >= 0.3 is 0 Å². The summed E-state index contributed by atoms with van der Waals surface area (Å²) in [6.07, 6.45) is 1.31. The molecule has 1 aromatic carbocycles. The van der Waals surface area contributed by atoms with Crippen LogP contribution in [0.3, 0.4) is 0 Å². The van der Waals surface area contributed by atoms with Crippen LogP contribution in [0, 0.1) is 0 Å². The lowest BCUT2D eigenvalue weighted by atomic mass is 10.2. The van der Waals surface area contributed by atoms with E-state index in [0.717, 1.165) is 17.4 Å². The third kappa shape index (κ3) is 6.68. The van der Waals surface area contributed by atoms with E-state index in [4.69, 9.17) is 0 Å². The van der Waals surface area contributed by atoms with Gasteiger partial charge in [-0.15, -0.1) is 0 Å². The molecule has 0 aliphatic carbocycles. The maximum atomic E-state index is 11.8. The van der Waals surface area contributed by atoms with Gasteiger partial charge in [-0.3, -0.25) is 9.59 Å². The maximum Gasteiger partial charge on any atom is 0.251 e. The molecular weight excluding hydrogens is 322 g/mol. The average Bonchev–Trinajstić information content (AvgIpc) is 2.44. The zero-order chi connectivity index (χ0) is 14.8. The van der Waals surface area contributed by atoms with Crippen molar-refractivity contribution in [3.8, 4) is 0 Å². The predicted molar refractivity (Wildman–Crippen MR) is 82.6 cm³/mol. The lowest BCUT2D eigenvalue weighted by molar-refractivity contribution is -0.121. The summed E-state index contributed by atoms with van der Waals surface area (Å²) in [6, 6.07) is 7.13. The highest BCUT2D eigenvalue weighted by Crippen LogP contribution is 2.10. The van der Waals surface area contributed by atoms with Crippen LogP contribution < -0.4 is 16.0 Å². The first-order chi connectivity index (χ1) is 9.63. The van der Waals surface area contributed by atoms with Crippen molar-refractivity contribution in [3.05, 3.63) is 34.3 Å². The van der Waals surface area contributed by atoms with E-state index >= 15 is 0 Å². The molecule has 0 aliphatic heterocycles. The molecular formula is C14H20BrN3O2. The lowest BCUT2D eigenvalue weighted by Gasteiger charge is -2.07. The molecule has 110 valence electrons. The number of benzene rings is 1. The number of halogens is 1. The Labute approximate surface area is 127 Å². The van der Waals surface area contributed by atoms with Crippen LogP contribution >= 0.6 is 15.9 Å². The van der Waals surface area contributed by atoms with Crippen LogP contribution in [0.1, 0.15) is 23.2 Å². The quantitative estimate of drug-likeness (QED) is 0.624. The molecule has 0 saturated heterocycles. The molecule has 20 heavy (non-hydrogen) atoms. The minimum absolute atomic E-state index is 0.0122. The molecule has 6 heteroatoms. The summed E-state index contributed by atoms with van der Waals surface area (Å²) < 4.78 is 0.933. The molecule has 0 saturated carbocycles. The van der Waals surface area contributed by atoms with Crippen molar-refractivity contribution in [1.29, 1.82) is 0 Å².